The van der Waals surface area contributed by atoms with Crippen LogP contribution in [-0.4, -0.2) is 9.55 Å². The fraction of sp³-hybridized carbons (Fsp3) is 0.133. The van der Waals surface area contributed by atoms with E-state index in [2.05, 4.69) is 4.98 Å². The predicted octanol–water partition coefficient (Wildman–Crippen LogP) is 5.77. The lowest BCUT2D eigenvalue weighted by molar-refractivity contribution is 0.629. The molecule has 0 aliphatic carbocycles. The third-order valence-electron chi connectivity index (χ3n) is 3.10. The number of hydrogen-bond donors (Lipinski definition) is 0. The van der Waals surface area contributed by atoms with E-state index in [0.29, 0.717) is 21.4 Å². The Hall–Kier alpha value is -1.29. The van der Waals surface area contributed by atoms with Crippen LogP contribution in [0.3, 0.4) is 0 Å². The second-order valence-electron chi connectivity index (χ2n) is 4.68. The molecule has 0 amide bonds. The van der Waals surface area contributed by atoms with Crippen molar-refractivity contribution in [2.45, 2.75) is 12.3 Å². The maximum atomic E-state index is 13.4. The molecule has 0 radical (unpaired) electrons. The van der Waals surface area contributed by atoms with Crippen molar-refractivity contribution < 1.29 is 4.39 Å². The van der Waals surface area contributed by atoms with Crippen LogP contribution in [0.1, 0.15) is 18.1 Å². The molecule has 1 atom stereocenters. The van der Waals surface area contributed by atoms with E-state index < -0.39 is 0 Å². The summed E-state index contributed by atoms with van der Waals surface area (Å²) in [4.78, 5) is 4.41. The van der Waals surface area contributed by atoms with E-state index >= 15 is 0 Å². The maximum Gasteiger partial charge on any atom is 0.132 e. The Kier molecular flexibility index (Phi) is 3.82. The first-order valence-corrected chi connectivity index (χ1v) is 7.43. The second kappa shape index (κ2) is 5.48. The van der Waals surface area contributed by atoms with Crippen LogP contribution >= 0.6 is 34.8 Å². The molecule has 3 aromatic rings. The van der Waals surface area contributed by atoms with Gasteiger partial charge in [0.1, 0.15) is 11.6 Å². The molecule has 0 aliphatic heterocycles. The van der Waals surface area contributed by atoms with Gasteiger partial charge < -0.3 is 0 Å². The van der Waals surface area contributed by atoms with Crippen LogP contribution < -0.4 is 0 Å². The van der Waals surface area contributed by atoms with Gasteiger partial charge in [0.2, 0.25) is 0 Å². The largest absolute Gasteiger partial charge is 0.295 e. The Morgan fingerprint density at radius 1 is 1.10 bits per heavy atom. The molecule has 21 heavy (non-hydrogen) atoms. The van der Waals surface area contributed by atoms with E-state index in [1.54, 1.807) is 24.3 Å². The highest BCUT2D eigenvalue weighted by Crippen LogP contribution is 2.31. The van der Waals surface area contributed by atoms with Gasteiger partial charge in [0.15, 0.2) is 0 Å². The van der Waals surface area contributed by atoms with E-state index in [1.807, 2.05) is 11.5 Å². The van der Waals surface area contributed by atoms with Gasteiger partial charge in [-0.05, 0) is 37.3 Å². The highest BCUT2D eigenvalue weighted by molar-refractivity contribution is 6.34. The number of alkyl halides is 1. The Labute approximate surface area is 136 Å². The number of benzene rings is 2. The zero-order valence-electron chi connectivity index (χ0n) is 10.9. The van der Waals surface area contributed by atoms with Gasteiger partial charge in [0, 0.05) is 16.1 Å². The van der Waals surface area contributed by atoms with Crippen molar-refractivity contribution >= 4 is 45.8 Å². The van der Waals surface area contributed by atoms with Gasteiger partial charge in [-0.25, -0.2) is 9.37 Å². The van der Waals surface area contributed by atoms with Gasteiger partial charge in [0.25, 0.3) is 0 Å². The van der Waals surface area contributed by atoms with Gasteiger partial charge in [-0.3, -0.25) is 4.57 Å². The van der Waals surface area contributed by atoms with E-state index in [-0.39, 0.29) is 11.2 Å². The van der Waals surface area contributed by atoms with Crippen molar-refractivity contribution in [3.63, 3.8) is 0 Å². The molecule has 2 aromatic carbocycles. The number of rotatable bonds is 2. The summed E-state index contributed by atoms with van der Waals surface area (Å²) < 4.78 is 15.2. The van der Waals surface area contributed by atoms with Gasteiger partial charge in [-0.1, -0.05) is 23.2 Å². The molecule has 1 unspecified atom stereocenters. The highest BCUT2D eigenvalue weighted by atomic mass is 35.5. The molecule has 0 spiro atoms. The van der Waals surface area contributed by atoms with Crippen LogP contribution in [0.4, 0.5) is 4.39 Å². The Balaban J connectivity index is 2.36. The first-order valence-electron chi connectivity index (χ1n) is 6.24. The van der Waals surface area contributed by atoms with Crippen LogP contribution in [0, 0.1) is 5.82 Å². The summed E-state index contributed by atoms with van der Waals surface area (Å²) in [5.74, 6) is 0.264. The second-order valence-corrected chi connectivity index (χ2v) is 6.21. The zero-order chi connectivity index (χ0) is 15.1. The summed E-state index contributed by atoms with van der Waals surface area (Å²) in [7, 11) is 0. The molecule has 0 fully saturated rings. The van der Waals surface area contributed by atoms with Crippen molar-refractivity contribution in [2.24, 2.45) is 0 Å². The summed E-state index contributed by atoms with van der Waals surface area (Å²) in [6.45, 7) is 1.81. The molecule has 6 heteroatoms. The molecule has 0 aliphatic rings. The molecule has 108 valence electrons. The van der Waals surface area contributed by atoms with E-state index in [4.69, 9.17) is 34.8 Å². The van der Waals surface area contributed by atoms with Crippen molar-refractivity contribution in [1.29, 1.82) is 0 Å². The number of halogens is 4. The third kappa shape index (κ3) is 2.73. The van der Waals surface area contributed by atoms with Crippen molar-refractivity contribution in [3.8, 4) is 5.69 Å². The molecular formula is C15H10Cl3FN2. The molecule has 1 aromatic heterocycles. The summed E-state index contributed by atoms with van der Waals surface area (Å²) in [6, 6.07) is 9.60. The zero-order valence-corrected chi connectivity index (χ0v) is 13.2. The topological polar surface area (TPSA) is 17.8 Å². The lowest BCUT2D eigenvalue weighted by atomic mass is 10.2. The smallest absolute Gasteiger partial charge is 0.132 e. The van der Waals surface area contributed by atoms with Crippen LogP contribution in [0.2, 0.25) is 10.0 Å². The van der Waals surface area contributed by atoms with Gasteiger partial charge >= 0.3 is 0 Å². The number of imidazole rings is 1. The number of aromatic nitrogens is 2. The minimum atomic E-state index is -0.349. The lowest BCUT2D eigenvalue weighted by Gasteiger charge is -2.11. The molecule has 0 saturated carbocycles. The van der Waals surface area contributed by atoms with E-state index in [1.165, 1.54) is 12.1 Å². The molecule has 2 nitrogen and oxygen atoms in total. The quantitative estimate of drug-likeness (QED) is 0.540. The fourth-order valence-corrected chi connectivity index (χ4v) is 2.94. The minimum absolute atomic E-state index is 0.343. The van der Waals surface area contributed by atoms with Crippen molar-refractivity contribution in [3.05, 3.63) is 58.1 Å². The van der Waals surface area contributed by atoms with Gasteiger partial charge in [0.05, 0.1) is 22.1 Å². The molecule has 0 saturated heterocycles. The molecule has 0 N–H and O–H groups in total. The normalized spacial score (nSPS) is 12.8. The van der Waals surface area contributed by atoms with E-state index in [0.717, 1.165) is 11.2 Å². The highest BCUT2D eigenvalue weighted by Gasteiger charge is 2.17. The molecule has 0 bridgehead atoms. The minimum Gasteiger partial charge on any atom is -0.295 e. The standard InChI is InChI=1S/C15H10Cl3FN2/c1-8(16)15-20-13-7-11(19)2-3-14(13)21(15)12-5-9(17)4-10(18)6-12/h2-8H,1H3. The first-order chi connectivity index (χ1) is 9.95. The lowest BCUT2D eigenvalue weighted by Crippen LogP contribution is -2.02. The Morgan fingerprint density at radius 2 is 1.76 bits per heavy atom. The number of nitrogens with zero attached hydrogens (tertiary/aromatic N) is 2. The van der Waals surface area contributed by atoms with Crippen LogP contribution in [0.15, 0.2) is 36.4 Å². The monoisotopic (exact) mass is 342 g/mol. The fourth-order valence-electron chi connectivity index (χ4n) is 2.28. The molecular weight excluding hydrogens is 334 g/mol. The Morgan fingerprint density at radius 3 is 2.38 bits per heavy atom. The average molecular weight is 344 g/mol. The Bertz CT molecular complexity index is 807. The number of hydrogen-bond acceptors (Lipinski definition) is 1. The number of fused-ring (bicyclic) bond motifs is 1. The summed E-state index contributed by atoms with van der Waals surface area (Å²) in [6.07, 6.45) is 0. The third-order valence-corrected chi connectivity index (χ3v) is 3.74. The molecule has 1 heterocycles. The van der Waals surface area contributed by atoms with E-state index in [9.17, 15) is 4.39 Å². The summed E-state index contributed by atoms with van der Waals surface area (Å²) in [5.41, 5.74) is 2.02. The van der Waals surface area contributed by atoms with Crippen LogP contribution in [0.5, 0.6) is 0 Å². The summed E-state index contributed by atoms with van der Waals surface area (Å²) >= 11 is 18.3. The average Bonchev–Trinajstić information content (AvgIpc) is 2.76. The van der Waals surface area contributed by atoms with Gasteiger partial charge in [-0.2, -0.15) is 0 Å². The van der Waals surface area contributed by atoms with Crippen LogP contribution in [-0.2, 0) is 0 Å². The first kappa shape index (κ1) is 14.6. The van der Waals surface area contributed by atoms with Crippen LogP contribution in [0.25, 0.3) is 16.7 Å². The van der Waals surface area contributed by atoms with Gasteiger partial charge in [-0.15, -0.1) is 11.6 Å². The molecule has 3 rings (SSSR count). The summed E-state index contributed by atoms with van der Waals surface area (Å²) in [5, 5.41) is 0.669. The predicted molar refractivity (Wildman–Crippen MR) is 85.3 cm³/mol. The SMILES string of the molecule is CC(Cl)c1nc2cc(F)ccc2n1-c1cc(Cl)cc(Cl)c1. The van der Waals surface area contributed by atoms with Crippen molar-refractivity contribution in [2.75, 3.05) is 0 Å². The maximum absolute atomic E-state index is 13.4. The van der Waals surface area contributed by atoms with Crippen molar-refractivity contribution in [1.82, 2.24) is 9.55 Å².